The maximum Gasteiger partial charge on any atom is 0.253 e. The van der Waals surface area contributed by atoms with Gasteiger partial charge in [0.2, 0.25) is 0 Å². The summed E-state index contributed by atoms with van der Waals surface area (Å²) in [4.78, 5) is 14.0. The summed E-state index contributed by atoms with van der Waals surface area (Å²) in [6.45, 7) is 3.37. The Morgan fingerprint density at radius 2 is 2.21 bits per heavy atom. The zero-order valence-corrected chi connectivity index (χ0v) is 13.0. The second-order valence-corrected chi connectivity index (χ2v) is 5.66. The van der Waals surface area contributed by atoms with E-state index in [1.807, 2.05) is 6.92 Å². The molecule has 3 nitrogen and oxygen atoms in total. The van der Waals surface area contributed by atoms with Crippen molar-refractivity contribution < 1.29 is 9.18 Å². The van der Waals surface area contributed by atoms with Gasteiger partial charge in [0.1, 0.15) is 5.82 Å². The molecule has 0 radical (unpaired) electrons. The van der Waals surface area contributed by atoms with Crippen LogP contribution in [0.3, 0.4) is 0 Å². The van der Waals surface area contributed by atoms with Crippen LogP contribution in [0.1, 0.15) is 23.7 Å². The number of piperidine rings is 1. The second-order valence-electron chi connectivity index (χ2n) is 4.81. The summed E-state index contributed by atoms with van der Waals surface area (Å²) < 4.78 is 13.4. The van der Waals surface area contributed by atoms with Gasteiger partial charge in [0.15, 0.2) is 0 Å². The van der Waals surface area contributed by atoms with E-state index < -0.39 is 0 Å². The van der Waals surface area contributed by atoms with Gasteiger partial charge in [-0.05, 0) is 46.5 Å². The van der Waals surface area contributed by atoms with Gasteiger partial charge in [-0.1, -0.05) is 6.92 Å². The smallest absolute Gasteiger partial charge is 0.253 e. The number of carbonyl (C=O) groups excluding carboxylic acids is 1. The monoisotopic (exact) mass is 350 g/mol. The van der Waals surface area contributed by atoms with E-state index in [-0.39, 0.29) is 30.2 Å². The molecule has 1 aliphatic heterocycles. The van der Waals surface area contributed by atoms with E-state index in [2.05, 4.69) is 15.9 Å². The van der Waals surface area contributed by atoms with Gasteiger partial charge >= 0.3 is 0 Å². The number of likely N-dealkylation sites (tertiary alicyclic amines) is 1. The van der Waals surface area contributed by atoms with Crippen molar-refractivity contribution in [2.45, 2.75) is 19.4 Å². The number of hydrogen-bond donors (Lipinski definition) is 1. The fourth-order valence-corrected chi connectivity index (χ4v) is 2.54. The summed E-state index contributed by atoms with van der Waals surface area (Å²) in [5, 5.41) is 0. The number of amides is 1. The fraction of sp³-hybridized carbons (Fsp3) is 0.462. The third kappa shape index (κ3) is 3.68. The molecule has 106 valence electrons. The molecule has 0 bridgehead atoms. The molecule has 2 atom stereocenters. The molecule has 1 fully saturated rings. The Morgan fingerprint density at radius 3 is 2.79 bits per heavy atom. The normalized spacial score (nSPS) is 22.8. The molecule has 0 aromatic heterocycles. The number of benzene rings is 1. The van der Waals surface area contributed by atoms with Gasteiger partial charge in [0.05, 0.1) is 4.47 Å². The van der Waals surface area contributed by atoms with Crippen LogP contribution >= 0.6 is 28.3 Å². The Morgan fingerprint density at radius 1 is 1.53 bits per heavy atom. The third-order valence-corrected chi connectivity index (χ3v) is 4.03. The molecule has 19 heavy (non-hydrogen) atoms. The first-order valence-corrected chi connectivity index (χ1v) is 6.78. The van der Waals surface area contributed by atoms with Crippen LogP contribution in [0, 0.1) is 11.7 Å². The number of rotatable bonds is 1. The van der Waals surface area contributed by atoms with E-state index in [1.165, 1.54) is 18.2 Å². The fourth-order valence-electron chi connectivity index (χ4n) is 2.16. The Labute approximate surface area is 126 Å². The standard InChI is InChI=1S/C13H16BrFN2O.ClH/c1-8-7-17(5-4-12(8)16)13(18)9-2-3-11(15)10(14)6-9;/h2-3,6,8,12H,4-5,7,16H2,1H3;1H. The van der Waals surface area contributed by atoms with E-state index >= 15 is 0 Å². The minimum atomic E-state index is -0.361. The van der Waals surface area contributed by atoms with E-state index in [0.717, 1.165) is 6.42 Å². The van der Waals surface area contributed by atoms with Gasteiger partial charge in [-0.3, -0.25) is 4.79 Å². The van der Waals surface area contributed by atoms with Crippen molar-refractivity contribution in [1.82, 2.24) is 4.90 Å². The van der Waals surface area contributed by atoms with Crippen LogP contribution in [0.25, 0.3) is 0 Å². The van der Waals surface area contributed by atoms with Crippen LogP contribution in [0.15, 0.2) is 22.7 Å². The van der Waals surface area contributed by atoms with Crippen molar-refractivity contribution in [3.63, 3.8) is 0 Å². The Balaban J connectivity index is 0.00000180. The molecule has 1 aliphatic rings. The summed E-state index contributed by atoms with van der Waals surface area (Å²) in [6, 6.07) is 4.50. The van der Waals surface area contributed by atoms with Crippen LogP contribution in [0.2, 0.25) is 0 Å². The lowest BCUT2D eigenvalue weighted by atomic mass is 9.94. The summed E-state index contributed by atoms with van der Waals surface area (Å²) in [5.41, 5.74) is 6.43. The van der Waals surface area contributed by atoms with Crippen LogP contribution < -0.4 is 5.73 Å². The van der Waals surface area contributed by atoms with Crippen LogP contribution in [-0.4, -0.2) is 29.9 Å². The van der Waals surface area contributed by atoms with Crippen molar-refractivity contribution in [3.05, 3.63) is 34.1 Å². The highest BCUT2D eigenvalue weighted by molar-refractivity contribution is 9.10. The molecule has 2 rings (SSSR count). The first kappa shape index (κ1) is 16.4. The van der Waals surface area contributed by atoms with Crippen molar-refractivity contribution in [2.24, 2.45) is 11.7 Å². The average Bonchev–Trinajstić information content (AvgIpc) is 2.35. The number of nitrogens with zero attached hydrogens (tertiary/aromatic N) is 1. The van der Waals surface area contributed by atoms with Crippen LogP contribution in [0.5, 0.6) is 0 Å². The summed E-state index contributed by atoms with van der Waals surface area (Å²) >= 11 is 3.09. The molecule has 0 saturated carbocycles. The van der Waals surface area contributed by atoms with E-state index in [4.69, 9.17) is 5.73 Å². The molecule has 2 unspecified atom stereocenters. The zero-order valence-electron chi connectivity index (χ0n) is 10.6. The molecule has 0 spiro atoms. The van der Waals surface area contributed by atoms with Crippen LogP contribution in [0.4, 0.5) is 4.39 Å². The van der Waals surface area contributed by atoms with Crippen molar-refractivity contribution in [2.75, 3.05) is 13.1 Å². The molecule has 1 heterocycles. The van der Waals surface area contributed by atoms with Gasteiger partial charge in [-0.25, -0.2) is 4.39 Å². The van der Waals surface area contributed by atoms with Crippen molar-refractivity contribution in [1.29, 1.82) is 0 Å². The van der Waals surface area contributed by atoms with Crippen molar-refractivity contribution in [3.8, 4) is 0 Å². The number of hydrogen-bond acceptors (Lipinski definition) is 2. The predicted molar refractivity (Wildman–Crippen MR) is 79.0 cm³/mol. The zero-order chi connectivity index (χ0) is 13.3. The molecule has 1 aromatic rings. The Hall–Kier alpha value is -0.650. The molecule has 0 aliphatic carbocycles. The minimum Gasteiger partial charge on any atom is -0.338 e. The lowest BCUT2D eigenvalue weighted by Gasteiger charge is -2.35. The summed E-state index contributed by atoms with van der Waals surface area (Å²) in [6.07, 6.45) is 0.815. The number of nitrogens with two attached hydrogens (primary N) is 1. The lowest BCUT2D eigenvalue weighted by molar-refractivity contribution is 0.0664. The second kappa shape index (κ2) is 6.68. The Kier molecular flexibility index (Phi) is 5.77. The van der Waals surface area contributed by atoms with E-state index in [9.17, 15) is 9.18 Å². The highest BCUT2D eigenvalue weighted by Gasteiger charge is 2.27. The minimum absolute atomic E-state index is 0. The molecule has 1 amide bonds. The maximum atomic E-state index is 13.1. The molecule has 1 aromatic carbocycles. The SMILES string of the molecule is CC1CN(C(=O)c2ccc(F)c(Br)c2)CCC1N.Cl. The average molecular weight is 352 g/mol. The van der Waals surface area contributed by atoms with Gasteiger partial charge in [-0.15, -0.1) is 12.4 Å². The quantitative estimate of drug-likeness (QED) is 0.845. The predicted octanol–water partition coefficient (Wildman–Crippen LogP) is 2.82. The lowest BCUT2D eigenvalue weighted by Crippen LogP contribution is -2.48. The summed E-state index contributed by atoms with van der Waals surface area (Å²) in [7, 11) is 0. The summed E-state index contributed by atoms with van der Waals surface area (Å²) in [5.74, 6) is -0.123. The van der Waals surface area contributed by atoms with Gasteiger partial charge in [0.25, 0.3) is 5.91 Å². The maximum absolute atomic E-state index is 13.1. The topological polar surface area (TPSA) is 46.3 Å². The van der Waals surface area contributed by atoms with Crippen molar-refractivity contribution >= 4 is 34.2 Å². The largest absolute Gasteiger partial charge is 0.338 e. The number of carbonyl (C=O) groups is 1. The van der Waals surface area contributed by atoms with Crippen LogP contribution in [-0.2, 0) is 0 Å². The van der Waals surface area contributed by atoms with E-state index in [1.54, 1.807) is 4.90 Å². The number of halogens is 3. The third-order valence-electron chi connectivity index (χ3n) is 3.43. The van der Waals surface area contributed by atoms with E-state index in [0.29, 0.717) is 29.0 Å². The first-order valence-electron chi connectivity index (χ1n) is 5.99. The molecule has 6 heteroatoms. The van der Waals surface area contributed by atoms with Gasteiger partial charge in [-0.2, -0.15) is 0 Å². The molecular weight excluding hydrogens is 335 g/mol. The molecular formula is C13H17BrClFN2O. The van der Waals surface area contributed by atoms with Gasteiger partial charge < -0.3 is 10.6 Å². The Bertz CT molecular complexity index is 472. The molecule has 1 saturated heterocycles. The first-order chi connectivity index (χ1) is 8.49. The highest BCUT2D eigenvalue weighted by atomic mass is 79.9. The molecule has 2 N–H and O–H groups in total. The van der Waals surface area contributed by atoms with Gasteiger partial charge in [0, 0.05) is 24.7 Å². The highest BCUT2D eigenvalue weighted by Crippen LogP contribution is 2.21.